The second-order valence-electron chi connectivity index (χ2n) is 3.96. The lowest BCUT2D eigenvalue weighted by atomic mass is 10.1. The number of phenolic OH excluding ortho intramolecular Hbond substituents is 1. The summed E-state index contributed by atoms with van der Waals surface area (Å²) in [6, 6.07) is 2.39. The summed E-state index contributed by atoms with van der Waals surface area (Å²) < 4.78 is 0. The highest BCUT2D eigenvalue weighted by Gasteiger charge is 2.22. The molecule has 1 unspecified atom stereocenters. The van der Waals surface area contributed by atoms with Crippen LogP contribution in [-0.4, -0.2) is 33.1 Å². The number of carbonyl (C=O) groups excluding carboxylic acids is 1. The van der Waals surface area contributed by atoms with E-state index in [1.807, 2.05) is 0 Å². The van der Waals surface area contributed by atoms with Crippen LogP contribution in [0.3, 0.4) is 0 Å². The molecule has 0 aliphatic rings. The summed E-state index contributed by atoms with van der Waals surface area (Å²) >= 11 is 0. The summed E-state index contributed by atoms with van der Waals surface area (Å²) in [5, 5.41) is 30.9. The van der Waals surface area contributed by atoms with Crippen molar-refractivity contribution in [2.75, 3.05) is 5.32 Å². The van der Waals surface area contributed by atoms with Gasteiger partial charge in [-0.25, -0.2) is 0 Å². The van der Waals surface area contributed by atoms with Crippen LogP contribution in [0.4, 0.5) is 11.4 Å². The number of nitro groups is 1. The van der Waals surface area contributed by atoms with E-state index in [1.54, 1.807) is 0 Å². The first-order valence-corrected chi connectivity index (χ1v) is 5.57. The van der Waals surface area contributed by atoms with Crippen molar-refractivity contribution in [2.45, 2.75) is 18.9 Å². The zero-order valence-electron chi connectivity index (χ0n) is 10.3. The maximum Gasteiger partial charge on any atom is 0.303 e. The minimum atomic E-state index is -1.15. The number of para-hydroxylation sites is 1. The lowest BCUT2D eigenvalue weighted by Gasteiger charge is -2.12. The number of amides is 1. The molecule has 0 saturated carbocycles. The van der Waals surface area contributed by atoms with Gasteiger partial charge in [0.25, 0.3) is 5.69 Å². The maximum atomic E-state index is 11.7. The van der Waals surface area contributed by atoms with Gasteiger partial charge in [0.15, 0.2) is 5.69 Å². The molecule has 0 aliphatic carbocycles. The smallest absolute Gasteiger partial charge is 0.303 e. The van der Waals surface area contributed by atoms with Crippen LogP contribution in [0.25, 0.3) is 0 Å². The molecule has 20 heavy (non-hydrogen) atoms. The number of carbonyl (C=O) groups is 2. The minimum Gasteiger partial charge on any atom is -0.505 e. The number of rotatable bonds is 6. The number of aliphatic carboxylic acids is 1. The standard InChI is InChI=1S/C11H13N3O6/c12-6(4-5-9(16)17)11(18)13-10-7(14(19)20)2-1-3-8(10)15/h1-3,6,15H,4-5,12H2,(H,13,18)(H,16,17). The van der Waals surface area contributed by atoms with Crippen LogP contribution in [0, 0.1) is 10.1 Å². The van der Waals surface area contributed by atoms with Gasteiger partial charge in [0.2, 0.25) is 5.91 Å². The largest absolute Gasteiger partial charge is 0.505 e. The molecule has 5 N–H and O–H groups in total. The fourth-order valence-electron chi connectivity index (χ4n) is 1.43. The zero-order chi connectivity index (χ0) is 15.3. The number of nitro benzene ring substituents is 1. The third kappa shape index (κ3) is 3.92. The van der Waals surface area contributed by atoms with E-state index >= 15 is 0 Å². The Morgan fingerprint density at radius 3 is 2.65 bits per heavy atom. The molecule has 1 amide bonds. The highest BCUT2D eigenvalue weighted by molar-refractivity contribution is 5.98. The third-order valence-electron chi connectivity index (χ3n) is 2.47. The topological polar surface area (TPSA) is 156 Å². The van der Waals surface area contributed by atoms with Gasteiger partial charge >= 0.3 is 5.97 Å². The lowest BCUT2D eigenvalue weighted by Crippen LogP contribution is -2.36. The molecule has 0 aliphatic heterocycles. The number of anilines is 1. The number of carboxylic acid groups (broad SMARTS) is 1. The van der Waals surface area contributed by atoms with Gasteiger partial charge in [0.05, 0.1) is 11.0 Å². The van der Waals surface area contributed by atoms with Crippen LogP contribution >= 0.6 is 0 Å². The van der Waals surface area contributed by atoms with E-state index < -0.39 is 34.3 Å². The quantitative estimate of drug-likeness (QED) is 0.335. The highest BCUT2D eigenvalue weighted by atomic mass is 16.6. The van der Waals surface area contributed by atoms with E-state index in [-0.39, 0.29) is 18.5 Å². The zero-order valence-corrected chi connectivity index (χ0v) is 10.3. The lowest BCUT2D eigenvalue weighted by molar-refractivity contribution is -0.384. The second kappa shape index (κ2) is 6.48. The van der Waals surface area contributed by atoms with E-state index in [0.29, 0.717) is 0 Å². The summed E-state index contributed by atoms with van der Waals surface area (Å²) in [7, 11) is 0. The van der Waals surface area contributed by atoms with Crippen molar-refractivity contribution in [3.8, 4) is 5.75 Å². The summed E-state index contributed by atoms with van der Waals surface area (Å²) in [5.74, 6) is -2.39. The Balaban J connectivity index is 2.85. The Hall–Kier alpha value is -2.68. The van der Waals surface area contributed by atoms with Crippen LogP contribution in [0.15, 0.2) is 18.2 Å². The van der Waals surface area contributed by atoms with Crippen molar-refractivity contribution in [1.82, 2.24) is 0 Å². The number of benzene rings is 1. The molecule has 0 heterocycles. The van der Waals surface area contributed by atoms with Gasteiger partial charge in [-0.15, -0.1) is 0 Å². The van der Waals surface area contributed by atoms with Crippen molar-refractivity contribution in [1.29, 1.82) is 0 Å². The molecule has 1 atom stereocenters. The molecule has 108 valence electrons. The van der Waals surface area contributed by atoms with Crippen LogP contribution in [0.1, 0.15) is 12.8 Å². The molecule has 0 aromatic heterocycles. The summed E-state index contributed by atoms with van der Waals surface area (Å²) in [6.45, 7) is 0. The molecule has 1 aromatic rings. The average Bonchev–Trinajstić information content (AvgIpc) is 2.37. The Morgan fingerprint density at radius 1 is 1.45 bits per heavy atom. The van der Waals surface area contributed by atoms with Gasteiger partial charge in [-0.3, -0.25) is 19.7 Å². The van der Waals surface area contributed by atoms with E-state index in [2.05, 4.69) is 5.32 Å². The molecule has 0 spiro atoms. The number of carboxylic acids is 1. The van der Waals surface area contributed by atoms with Gasteiger partial charge in [-0.1, -0.05) is 6.07 Å². The third-order valence-corrected chi connectivity index (χ3v) is 2.47. The summed E-state index contributed by atoms with van der Waals surface area (Å²) in [4.78, 5) is 32.1. The molecular weight excluding hydrogens is 270 g/mol. The molecule has 0 saturated heterocycles. The molecule has 1 rings (SSSR count). The minimum absolute atomic E-state index is 0.122. The van der Waals surface area contributed by atoms with Gasteiger partial charge in [-0.05, 0) is 12.5 Å². The Labute approximate surface area is 113 Å². The number of hydrogen-bond donors (Lipinski definition) is 4. The number of nitrogens with two attached hydrogens (primary N) is 1. The predicted octanol–water partition coefficient (Wildman–Crippen LogP) is 0.431. The molecule has 0 fully saturated rings. The predicted molar refractivity (Wildman–Crippen MR) is 68.2 cm³/mol. The van der Waals surface area contributed by atoms with Crippen LogP contribution < -0.4 is 11.1 Å². The van der Waals surface area contributed by atoms with E-state index in [0.717, 1.165) is 6.07 Å². The van der Waals surface area contributed by atoms with Crippen molar-refractivity contribution >= 4 is 23.3 Å². The number of hydrogen-bond acceptors (Lipinski definition) is 6. The Morgan fingerprint density at radius 2 is 2.10 bits per heavy atom. The van der Waals surface area contributed by atoms with E-state index in [4.69, 9.17) is 10.8 Å². The number of nitrogens with one attached hydrogen (secondary N) is 1. The molecule has 9 nitrogen and oxygen atoms in total. The Bertz CT molecular complexity index is 545. The Kier molecular flexibility index (Phi) is 4.98. The van der Waals surface area contributed by atoms with E-state index in [1.165, 1.54) is 12.1 Å². The van der Waals surface area contributed by atoms with Crippen molar-refractivity contribution in [3.05, 3.63) is 28.3 Å². The number of aromatic hydroxyl groups is 1. The summed E-state index contributed by atoms with van der Waals surface area (Å²) in [5.41, 5.74) is 4.61. The van der Waals surface area contributed by atoms with Crippen molar-refractivity contribution in [3.63, 3.8) is 0 Å². The van der Waals surface area contributed by atoms with Crippen molar-refractivity contribution in [2.24, 2.45) is 5.73 Å². The molecule has 0 radical (unpaired) electrons. The number of phenols is 1. The fourth-order valence-corrected chi connectivity index (χ4v) is 1.43. The number of nitrogens with zero attached hydrogens (tertiary/aromatic N) is 1. The molecule has 0 bridgehead atoms. The van der Waals surface area contributed by atoms with Crippen LogP contribution in [0.5, 0.6) is 5.75 Å². The van der Waals surface area contributed by atoms with Crippen molar-refractivity contribution < 1.29 is 24.7 Å². The summed E-state index contributed by atoms with van der Waals surface area (Å²) in [6.07, 6.45) is -0.431. The molecular formula is C11H13N3O6. The van der Waals surface area contributed by atoms with Gasteiger partial charge in [0, 0.05) is 12.5 Å². The molecule has 9 heteroatoms. The first-order chi connectivity index (χ1) is 9.32. The van der Waals surface area contributed by atoms with Gasteiger partial charge in [0.1, 0.15) is 5.75 Å². The molecule has 1 aromatic carbocycles. The van der Waals surface area contributed by atoms with Crippen LogP contribution in [0.2, 0.25) is 0 Å². The fraction of sp³-hybridized carbons (Fsp3) is 0.273. The van der Waals surface area contributed by atoms with Gasteiger partial charge in [-0.2, -0.15) is 0 Å². The SMILES string of the molecule is NC(CCC(=O)O)C(=O)Nc1c(O)cccc1[N+](=O)[O-]. The average molecular weight is 283 g/mol. The highest BCUT2D eigenvalue weighted by Crippen LogP contribution is 2.33. The monoisotopic (exact) mass is 283 g/mol. The first-order valence-electron chi connectivity index (χ1n) is 5.57. The van der Waals surface area contributed by atoms with Crippen LogP contribution in [-0.2, 0) is 9.59 Å². The second-order valence-corrected chi connectivity index (χ2v) is 3.96. The van der Waals surface area contributed by atoms with E-state index in [9.17, 15) is 24.8 Å². The first kappa shape index (κ1) is 15.4. The maximum absolute atomic E-state index is 11.7. The normalized spacial score (nSPS) is 11.7. The van der Waals surface area contributed by atoms with Gasteiger partial charge < -0.3 is 21.3 Å².